The van der Waals surface area contributed by atoms with E-state index in [0.717, 1.165) is 32.2 Å². The van der Waals surface area contributed by atoms with E-state index in [0.29, 0.717) is 5.56 Å². The van der Waals surface area contributed by atoms with Crippen LogP contribution in [-0.2, 0) is 10.0 Å². The van der Waals surface area contributed by atoms with Crippen LogP contribution in [-0.4, -0.2) is 31.8 Å². The van der Waals surface area contributed by atoms with Gasteiger partial charge < -0.3 is 4.90 Å². The van der Waals surface area contributed by atoms with Gasteiger partial charge >= 0.3 is 0 Å². The van der Waals surface area contributed by atoms with Crippen molar-refractivity contribution in [2.75, 3.05) is 6.54 Å². The molecule has 1 aromatic carbocycles. The number of hydrogen-bond acceptors (Lipinski definition) is 3. The maximum absolute atomic E-state index is 12.5. The summed E-state index contributed by atoms with van der Waals surface area (Å²) < 4.78 is 22.7. The molecule has 6 heteroatoms. The molecule has 2 rings (SSSR count). The van der Waals surface area contributed by atoms with Crippen LogP contribution in [0.4, 0.5) is 0 Å². The Morgan fingerprint density at radius 3 is 2.75 bits per heavy atom. The van der Waals surface area contributed by atoms with Crippen LogP contribution in [0.25, 0.3) is 0 Å². The molecule has 1 aromatic rings. The van der Waals surface area contributed by atoms with E-state index in [9.17, 15) is 13.2 Å². The molecule has 1 unspecified atom stereocenters. The molecule has 20 heavy (non-hydrogen) atoms. The van der Waals surface area contributed by atoms with Crippen molar-refractivity contribution in [1.29, 1.82) is 0 Å². The Morgan fingerprint density at radius 2 is 2.05 bits per heavy atom. The first kappa shape index (κ1) is 15.0. The second-order valence-electron chi connectivity index (χ2n) is 5.27. The lowest BCUT2D eigenvalue weighted by Gasteiger charge is -2.27. The maximum Gasteiger partial charge on any atom is 0.254 e. The highest BCUT2D eigenvalue weighted by atomic mass is 32.2. The average molecular weight is 296 g/mol. The van der Waals surface area contributed by atoms with Gasteiger partial charge in [0.25, 0.3) is 5.91 Å². The third-order valence-corrected chi connectivity index (χ3v) is 4.63. The smallest absolute Gasteiger partial charge is 0.254 e. The summed E-state index contributed by atoms with van der Waals surface area (Å²) >= 11 is 0. The minimum atomic E-state index is -3.78. The highest BCUT2D eigenvalue weighted by Crippen LogP contribution is 2.20. The fraction of sp³-hybridized carbons (Fsp3) is 0.500. The SMILES string of the molecule is CC1CCCCCN1C(=O)c1cccc(S(N)(=O)=O)c1. The topological polar surface area (TPSA) is 80.5 Å². The first-order valence-corrected chi connectivity index (χ1v) is 8.38. The minimum absolute atomic E-state index is 0.0224. The quantitative estimate of drug-likeness (QED) is 0.902. The van der Waals surface area contributed by atoms with Crippen LogP contribution in [0.3, 0.4) is 0 Å². The first-order valence-electron chi connectivity index (χ1n) is 6.83. The number of amides is 1. The zero-order valence-electron chi connectivity index (χ0n) is 11.6. The van der Waals surface area contributed by atoms with Gasteiger partial charge in [0.05, 0.1) is 4.90 Å². The summed E-state index contributed by atoms with van der Waals surface area (Å²) in [6.45, 7) is 2.76. The van der Waals surface area contributed by atoms with E-state index in [1.54, 1.807) is 12.1 Å². The van der Waals surface area contributed by atoms with Crippen molar-refractivity contribution in [3.8, 4) is 0 Å². The summed E-state index contributed by atoms with van der Waals surface area (Å²) in [7, 11) is -3.78. The molecule has 1 amide bonds. The van der Waals surface area contributed by atoms with Gasteiger partial charge in [0, 0.05) is 18.2 Å². The fourth-order valence-electron chi connectivity index (χ4n) is 2.55. The van der Waals surface area contributed by atoms with Gasteiger partial charge in [0.2, 0.25) is 10.0 Å². The van der Waals surface area contributed by atoms with Crippen molar-refractivity contribution >= 4 is 15.9 Å². The van der Waals surface area contributed by atoms with Gasteiger partial charge in [-0.2, -0.15) is 0 Å². The van der Waals surface area contributed by atoms with Crippen molar-refractivity contribution in [1.82, 2.24) is 4.90 Å². The Kier molecular flexibility index (Phi) is 4.45. The molecule has 0 saturated carbocycles. The normalized spacial score (nSPS) is 20.5. The lowest BCUT2D eigenvalue weighted by Crippen LogP contribution is -2.38. The lowest BCUT2D eigenvalue weighted by atomic mass is 10.1. The summed E-state index contributed by atoms with van der Waals surface area (Å²) in [6.07, 6.45) is 4.24. The summed E-state index contributed by atoms with van der Waals surface area (Å²) in [6, 6.07) is 6.13. The van der Waals surface area contributed by atoms with Crippen molar-refractivity contribution in [3.05, 3.63) is 29.8 Å². The molecule has 1 fully saturated rings. The van der Waals surface area contributed by atoms with Gasteiger partial charge in [-0.05, 0) is 38.0 Å². The van der Waals surface area contributed by atoms with Gasteiger partial charge in [-0.3, -0.25) is 4.79 Å². The molecule has 1 saturated heterocycles. The molecular weight excluding hydrogens is 276 g/mol. The van der Waals surface area contributed by atoms with E-state index >= 15 is 0 Å². The number of likely N-dealkylation sites (tertiary alicyclic amines) is 1. The molecule has 0 aliphatic carbocycles. The van der Waals surface area contributed by atoms with Gasteiger partial charge in [0.15, 0.2) is 0 Å². The Labute approximate surface area is 119 Å². The van der Waals surface area contributed by atoms with E-state index in [2.05, 4.69) is 0 Å². The second-order valence-corrected chi connectivity index (χ2v) is 6.83. The van der Waals surface area contributed by atoms with Crippen molar-refractivity contribution < 1.29 is 13.2 Å². The molecule has 0 aromatic heterocycles. The van der Waals surface area contributed by atoms with Crippen LogP contribution in [0, 0.1) is 0 Å². The largest absolute Gasteiger partial charge is 0.336 e. The van der Waals surface area contributed by atoms with Gasteiger partial charge in [-0.1, -0.05) is 18.9 Å². The van der Waals surface area contributed by atoms with Gasteiger partial charge in [0.1, 0.15) is 0 Å². The molecule has 5 nitrogen and oxygen atoms in total. The molecule has 1 aliphatic heterocycles. The second kappa shape index (κ2) is 5.93. The summed E-state index contributed by atoms with van der Waals surface area (Å²) in [4.78, 5) is 14.3. The zero-order valence-corrected chi connectivity index (χ0v) is 12.4. The Balaban J connectivity index is 2.28. The number of nitrogens with two attached hydrogens (primary N) is 1. The first-order chi connectivity index (χ1) is 9.39. The number of carbonyl (C=O) groups excluding carboxylic acids is 1. The Bertz CT molecular complexity index is 598. The van der Waals surface area contributed by atoms with E-state index in [-0.39, 0.29) is 16.8 Å². The number of carbonyl (C=O) groups is 1. The fourth-order valence-corrected chi connectivity index (χ4v) is 3.11. The summed E-state index contributed by atoms with van der Waals surface area (Å²) in [5, 5.41) is 5.10. The molecule has 1 atom stereocenters. The van der Waals surface area contributed by atoms with Crippen molar-refractivity contribution in [3.63, 3.8) is 0 Å². The highest BCUT2D eigenvalue weighted by Gasteiger charge is 2.23. The highest BCUT2D eigenvalue weighted by molar-refractivity contribution is 7.89. The molecule has 0 bridgehead atoms. The van der Waals surface area contributed by atoms with Crippen LogP contribution < -0.4 is 5.14 Å². The average Bonchev–Trinajstić information content (AvgIpc) is 2.62. The maximum atomic E-state index is 12.5. The van der Waals surface area contributed by atoms with Crippen LogP contribution in [0.1, 0.15) is 43.0 Å². The molecule has 0 radical (unpaired) electrons. The van der Waals surface area contributed by atoms with Gasteiger partial charge in [-0.25, -0.2) is 13.6 Å². The summed E-state index contributed by atoms with van der Waals surface area (Å²) in [5.74, 6) is -0.120. The van der Waals surface area contributed by atoms with Crippen molar-refractivity contribution in [2.45, 2.75) is 43.5 Å². The predicted octanol–water partition coefficient (Wildman–Crippen LogP) is 1.74. The number of nitrogens with zero attached hydrogens (tertiary/aromatic N) is 1. The third-order valence-electron chi connectivity index (χ3n) is 3.72. The Hall–Kier alpha value is -1.40. The predicted molar refractivity (Wildman–Crippen MR) is 76.8 cm³/mol. The van der Waals surface area contributed by atoms with Crippen LogP contribution in [0.15, 0.2) is 29.2 Å². The molecular formula is C14H20N2O3S. The molecule has 0 spiro atoms. The molecule has 2 N–H and O–H groups in total. The standard InChI is InChI=1S/C14H20N2O3S/c1-11-6-3-2-4-9-16(11)14(17)12-7-5-8-13(10-12)20(15,18)19/h5,7-8,10-11H,2-4,6,9H2,1H3,(H2,15,18,19). The zero-order chi connectivity index (χ0) is 14.8. The third kappa shape index (κ3) is 3.37. The van der Waals surface area contributed by atoms with Crippen LogP contribution in [0.5, 0.6) is 0 Å². The lowest BCUT2D eigenvalue weighted by molar-refractivity contribution is 0.0697. The number of hydrogen-bond donors (Lipinski definition) is 1. The van der Waals surface area contributed by atoms with E-state index in [1.807, 2.05) is 11.8 Å². The van der Waals surface area contributed by atoms with Crippen LogP contribution >= 0.6 is 0 Å². The molecule has 1 aliphatic rings. The number of sulfonamides is 1. The molecule has 110 valence electrons. The Morgan fingerprint density at radius 1 is 1.30 bits per heavy atom. The number of primary sulfonamides is 1. The summed E-state index contributed by atoms with van der Waals surface area (Å²) in [5.41, 5.74) is 0.380. The molecule has 1 heterocycles. The monoisotopic (exact) mass is 296 g/mol. The number of benzene rings is 1. The van der Waals surface area contributed by atoms with Gasteiger partial charge in [-0.15, -0.1) is 0 Å². The van der Waals surface area contributed by atoms with Crippen molar-refractivity contribution in [2.24, 2.45) is 5.14 Å². The van der Waals surface area contributed by atoms with E-state index in [4.69, 9.17) is 5.14 Å². The minimum Gasteiger partial charge on any atom is -0.336 e. The van der Waals surface area contributed by atoms with E-state index in [1.165, 1.54) is 12.1 Å². The van der Waals surface area contributed by atoms with E-state index < -0.39 is 10.0 Å². The van der Waals surface area contributed by atoms with Crippen LogP contribution in [0.2, 0.25) is 0 Å². The number of rotatable bonds is 2.